The van der Waals surface area contributed by atoms with E-state index in [0.717, 1.165) is 111 Å². The van der Waals surface area contributed by atoms with Crippen molar-refractivity contribution in [1.82, 2.24) is 19.6 Å². The molecule has 6 aliphatic rings. The Morgan fingerprint density at radius 1 is 0.346 bits per heavy atom. The van der Waals surface area contributed by atoms with Crippen LogP contribution in [0.15, 0.2) is 316 Å². The molecule has 0 bridgehead atoms. The van der Waals surface area contributed by atoms with Crippen molar-refractivity contribution >= 4 is 120 Å². The maximum Gasteiger partial charge on any atom is 0.207 e. The summed E-state index contributed by atoms with van der Waals surface area (Å²) in [7, 11) is 3.52. The molecule has 1 atom stereocenters. The molecule has 0 amide bonds. The van der Waals surface area contributed by atoms with Crippen LogP contribution in [0.4, 0.5) is 22.7 Å². The summed E-state index contributed by atoms with van der Waals surface area (Å²) in [5, 5.41) is 4.99. The average molecular weight is 2170 g/mol. The fourth-order valence-electron chi connectivity index (χ4n) is 13.8. The smallest absolute Gasteiger partial charge is 0.207 e. The molecule has 6 aliphatic heterocycles. The molecule has 12 aromatic carbocycles. The van der Waals surface area contributed by atoms with Gasteiger partial charge >= 0.3 is 0 Å². The van der Waals surface area contributed by atoms with Crippen LogP contribution in [0, 0.1) is 50.9 Å². The summed E-state index contributed by atoms with van der Waals surface area (Å²) in [5.41, 5.74) is 18.1. The largest absolute Gasteiger partial charge is 0.504 e. The number of fused-ring (bicyclic) bond motifs is 12. The molecule has 0 radical (unpaired) electrons. The van der Waals surface area contributed by atoms with Crippen LogP contribution in [-0.2, 0) is 105 Å². The SMILES string of the molecule is CN1[CH-]N(c2[c-]cccc2)C=C1c1ccc2c(c1)S(=O)(=O)c1ccccc1-2.CN1[CH-]N(c2[c-]cccc2)C=C1c1ccc2c(c1)S(=O)c1ccccc1-2.CN1[CH-]N(c2[c-]cccc2)C=C1c1ccc2c(c1)oc1ccccc12.CN1[CH-]N(c2[c-]cccc2)C=C1c1ccc2c(c1)sc1ccccc12.[Pt].[Pt].[Pt].[Pt]. The Hall–Kier alpha value is -9.13. The Kier molecular flexibility index (Phi) is 23.0. The van der Waals surface area contributed by atoms with Gasteiger partial charge in [-0.3, -0.25) is 0 Å². The molecule has 2 aromatic heterocycles. The van der Waals surface area contributed by atoms with Crippen LogP contribution in [0.3, 0.4) is 0 Å². The summed E-state index contributed by atoms with van der Waals surface area (Å²) in [6.45, 7) is 8.14. The molecule has 107 heavy (non-hydrogen) atoms. The first-order valence-electron chi connectivity index (χ1n) is 33.5. The molecule has 12 nitrogen and oxygen atoms in total. The van der Waals surface area contributed by atoms with E-state index in [1.54, 1.807) is 18.2 Å². The van der Waals surface area contributed by atoms with E-state index in [2.05, 4.69) is 186 Å². The average Bonchev–Trinajstić information content (AvgIpc) is 1.58. The number of hydrogen-bond acceptors (Lipinski definition) is 13. The van der Waals surface area contributed by atoms with Gasteiger partial charge in [0.15, 0.2) is 0 Å². The van der Waals surface area contributed by atoms with Gasteiger partial charge < -0.3 is 43.6 Å². The van der Waals surface area contributed by atoms with Gasteiger partial charge in [-0.15, -0.1) is 34.1 Å². The fraction of sp³-hybridized carbons (Fsp3) is 0.0455. The molecule has 0 aliphatic carbocycles. The number of furan rings is 1. The Bertz CT molecular complexity index is 5720. The van der Waals surface area contributed by atoms with E-state index in [0.29, 0.717) is 9.79 Å². The van der Waals surface area contributed by atoms with Gasteiger partial charge in [-0.1, -0.05) is 115 Å². The van der Waals surface area contributed by atoms with Crippen molar-refractivity contribution in [1.29, 1.82) is 0 Å². The third kappa shape index (κ3) is 14.8. The number of para-hydroxylation sites is 5. The minimum atomic E-state index is -3.48. The number of benzene rings is 12. The molecule has 0 N–H and O–H groups in total. The monoisotopic (exact) mass is 2170 g/mol. The molecule has 19 heteroatoms. The van der Waals surface area contributed by atoms with Gasteiger partial charge in [-0.05, 0) is 135 Å². The number of anilines is 4. The molecule has 8 heterocycles. The third-order valence-corrected chi connectivity index (χ3v) is 23.4. The first-order chi connectivity index (χ1) is 50.4. The molecule has 0 fully saturated rings. The fourth-order valence-corrected chi connectivity index (χ4v) is 18.1. The second-order valence-corrected chi connectivity index (χ2v) is 29.8. The second kappa shape index (κ2) is 32.4. The van der Waals surface area contributed by atoms with Crippen molar-refractivity contribution in [2.75, 3.05) is 47.8 Å². The van der Waals surface area contributed by atoms with Gasteiger partial charge in [0.05, 0.1) is 30.4 Å². The van der Waals surface area contributed by atoms with E-state index < -0.39 is 20.6 Å². The number of rotatable bonds is 8. The van der Waals surface area contributed by atoms with E-state index in [9.17, 15) is 12.6 Å². The predicted octanol–water partition coefficient (Wildman–Crippen LogP) is 19.6. The van der Waals surface area contributed by atoms with E-state index in [1.807, 2.05) is 217 Å². The van der Waals surface area contributed by atoms with Crippen LogP contribution < -0.4 is 19.6 Å². The minimum Gasteiger partial charge on any atom is -0.504 e. The number of sulfone groups is 1. The van der Waals surface area contributed by atoms with E-state index >= 15 is 0 Å². The first-order valence-corrected chi connectivity index (χ1v) is 37.0. The van der Waals surface area contributed by atoms with E-state index in [-0.39, 0.29) is 84.3 Å². The Morgan fingerprint density at radius 2 is 0.729 bits per heavy atom. The Balaban J connectivity index is 0.000000125. The topological polar surface area (TPSA) is 90.3 Å². The van der Waals surface area contributed by atoms with Crippen LogP contribution in [0.25, 0.3) is 87.2 Å². The summed E-state index contributed by atoms with van der Waals surface area (Å²) in [6.07, 6.45) is 8.36. The molecule has 546 valence electrons. The quantitative estimate of drug-likeness (QED) is 0.136. The maximum absolute atomic E-state index is 13.0. The summed E-state index contributed by atoms with van der Waals surface area (Å²) in [5.74, 6) is 0. The third-order valence-electron chi connectivity index (χ3n) is 18.9. The predicted molar refractivity (Wildman–Crippen MR) is 418 cm³/mol. The molecule has 1 unspecified atom stereocenters. The van der Waals surface area contributed by atoms with Gasteiger partial charge in [0.1, 0.15) is 11.2 Å². The van der Waals surface area contributed by atoms with Crippen molar-refractivity contribution in [2.45, 2.75) is 19.6 Å². The van der Waals surface area contributed by atoms with Crippen LogP contribution in [0.1, 0.15) is 22.3 Å². The molecule has 20 rings (SSSR count). The molecular weight excluding hydrogens is 2110 g/mol. The number of thiophene rings is 1. The van der Waals surface area contributed by atoms with Gasteiger partial charge in [0.2, 0.25) is 9.84 Å². The molecular formula is C88H64N8O4Pt4S3-8. The van der Waals surface area contributed by atoms with Gasteiger partial charge in [-0.25, -0.2) is 12.6 Å². The molecule has 0 saturated heterocycles. The van der Waals surface area contributed by atoms with Gasteiger partial charge in [-0.2, -0.15) is 148 Å². The van der Waals surface area contributed by atoms with Crippen molar-refractivity contribution in [3.05, 3.63) is 365 Å². The van der Waals surface area contributed by atoms with Crippen molar-refractivity contribution in [2.24, 2.45) is 0 Å². The molecule has 0 saturated carbocycles. The Labute approximate surface area is 688 Å². The van der Waals surface area contributed by atoms with Crippen LogP contribution in [0.5, 0.6) is 0 Å². The number of hydrogen-bond donors (Lipinski definition) is 0. The maximum atomic E-state index is 13.0. The standard InChI is InChI=1S/C22H16N2O2S.C22H16N2OS.C22H16N2O.C22H16N2S.4Pt/c1-23-15-24(17-7-3-2-4-8-17)14-20(23)16-11-12-19-18-9-5-6-10-21(18)27(25,26)22(19)13-16;1-23-15-24(17-7-3-2-4-8-17)14-20(23)16-11-12-19-18-9-5-6-10-21(18)26(25)22(19)13-16;2*1-23-15-24(17-7-3-2-4-8-17)14-20(23)16-11-12-19-18-9-5-6-10-21(18)25-22(19)13-16;;;;/h2-7,9-15H,1H3;2-7,9-15H,1H3;2*2-7,9-15H,1H3;;;;/q4*-2;;;;. The first kappa shape index (κ1) is 76.1. The van der Waals surface area contributed by atoms with Crippen molar-refractivity contribution in [3.63, 3.8) is 0 Å². The minimum absolute atomic E-state index is 0. The van der Waals surface area contributed by atoms with Gasteiger partial charge in [0.25, 0.3) is 0 Å². The van der Waals surface area contributed by atoms with Crippen molar-refractivity contribution in [3.8, 4) is 22.3 Å². The zero-order chi connectivity index (χ0) is 69.9. The normalized spacial score (nSPS) is 15.4. The summed E-state index contributed by atoms with van der Waals surface area (Å²) >= 11 is 1.86. The number of nitrogens with zero attached hydrogens (tertiary/aromatic N) is 8. The van der Waals surface area contributed by atoms with E-state index in [4.69, 9.17) is 4.42 Å². The zero-order valence-electron chi connectivity index (χ0n) is 57.7. The summed E-state index contributed by atoms with van der Waals surface area (Å²) < 4.78 is 47.5. The summed E-state index contributed by atoms with van der Waals surface area (Å²) in [6, 6.07) is 102. The Morgan fingerprint density at radius 3 is 1.26 bits per heavy atom. The van der Waals surface area contributed by atoms with Crippen molar-refractivity contribution < 1.29 is 101 Å². The summed E-state index contributed by atoms with van der Waals surface area (Å²) in [4.78, 5) is 19.1. The second-order valence-electron chi connectivity index (χ2n) is 25.4. The van der Waals surface area contributed by atoms with Crippen LogP contribution in [-0.4, -0.2) is 60.4 Å². The molecule has 0 spiro atoms. The van der Waals surface area contributed by atoms with Crippen LogP contribution in [0.2, 0.25) is 0 Å². The zero-order valence-corrected chi connectivity index (χ0v) is 69.3. The van der Waals surface area contributed by atoms with Gasteiger partial charge in [0, 0.05) is 155 Å². The molecule has 14 aromatic rings. The van der Waals surface area contributed by atoms with E-state index in [1.165, 1.54) is 31.4 Å². The van der Waals surface area contributed by atoms with Crippen LogP contribution >= 0.6 is 11.3 Å².